The Bertz CT molecular complexity index is 211. The van der Waals surface area contributed by atoms with Gasteiger partial charge in [0.15, 0.2) is 0 Å². The van der Waals surface area contributed by atoms with Gasteiger partial charge in [0, 0.05) is 19.8 Å². The van der Waals surface area contributed by atoms with Crippen LogP contribution in [0, 0.1) is 5.92 Å². The van der Waals surface area contributed by atoms with E-state index in [9.17, 15) is 5.11 Å². The van der Waals surface area contributed by atoms with Crippen LogP contribution in [0.2, 0.25) is 0 Å². The molecule has 2 saturated heterocycles. The summed E-state index contributed by atoms with van der Waals surface area (Å²) in [6.07, 6.45) is 4.32. The van der Waals surface area contributed by atoms with Gasteiger partial charge in [-0.15, -0.1) is 0 Å². The summed E-state index contributed by atoms with van der Waals surface area (Å²) < 4.78 is 11.3. The van der Waals surface area contributed by atoms with Crippen LogP contribution in [0.3, 0.4) is 0 Å². The van der Waals surface area contributed by atoms with Crippen LogP contribution in [0.4, 0.5) is 0 Å². The van der Waals surface area contributed by atoms with E-state index in [1.54, 1.807) is 0 Å². The first kappa shape index (κ1) is 12.3. The highest BCUT2D eigenvalue weighted by Gasteiger charge is 2.40. The number of hydrogen-bond donors (Lipinski definition) is 2. The van der Waals surface area contributed by atoms with Gasteiger partial charge in [-0.3, -0.25) is 0 Å². The summed E-state index contributed by atoms with van der Waals surface area (Å²) in [6.45, 7) is 2.92. The molecular weight excluding hydrogens is 206 g/mol. The smallest absolute Gasteiger partial charge is 0.0730 e. The third kappa shape index (κ3) is 2.74. The molecule has 4 nitrogen and oxygen atoms in total. The van der Waals surface area contributed by atoms with Crippen molar-refractivity contribution in [3.05, 3.63) is 0 Å². The largest absolute Gasteiger partial charge is 0.393 e. The summed E-state index contributed by atoms with van der Waals surface area (Å²) in [6, 6.07) is 0. The number of aliphatic hydroxyl groups excluding tert-OH is 1. The van der Waals surface area contributed by atoms with Crippen molar-refractivity contribution in [2.45, 2.75) is 43.8 Å². The zero-order chi connectivity index (χ0) is 11.4. The summed E-state index contributed by atoms with van der Waals surface area (Å²) in [4.78, 5) is 0. The summed E-state index contributed by atoms with van der Waals surface area (Å²) in [7, 11) is 0. The minimum absolute atomic E-state index is 0.0171. The van der Waals surface area contributed by atoms with E-state index in [0.29, 0.717) is 18.9 Å². The van der Waals surface area contributed by atoms with Gasteiger partial charge < -0.3 is 20.3 Å². The average molecular weight is 229 g/mol. The molecule has 1 spiro atoms. The molecule has 2 aliphatic rings. The maximum Gasteiger partial charge on any atom is 0.0730 e. The van der Waals surface area contributed by atoms with Gasteiger partial charge in [0.05, 0.1) is 11.7 Å². The fraction of sp³-hybridized carbons (Fsp3) is 1.00. The summed E-state index contributed by atoms with van der Waals surface area (Å²) in [5, 5.41) is 10.0. The van der Waals surface area contributed by atoms with E-state index < -0.39 is 0 Å². The molecule has 2 unspecified atom stereocenters. The van der Waals surface area contributed by atoms with Crippen LogP contribution in [0.1, 0.15) is 32.1 Å². The van der Waals surface area contributed by atoms with Gasteiger partial charge in [0.1, 0.15) is 0 Å². The molecule has 2 fully saturated rings. The molecule has 2 aliphatic heterocycles. The highest BCUT2D eigenvalue weighted by Crippen LogP contribution is 2.38. The van der Waals surface area contributed by atoms with Crippen molar-refractivity contribution in [2.75, 3.05) is 26.4 Å². The first-order valence-electron chi connectivity index (χ1n) is 6.36. The molecular formula is C12H23NO3. The molecule has 4 heteroatoms. The second-order valence-corrected chi connectivity index (χ2v) is 5.04. The Labute approximate surface area is 97.1 Å². The Morgan fingerprint density at radius 3 is 2.75 bits per heavy atom. The molecule has 0 aromatic carbocycles. The third-order valence-corrected chi connectivity index (χ3v) is 3.94. The monoisotopic (exact) mass is 229 g/mol. The molecule has 2 heterocycles. The van der Waals surface area contributed by atoms with Gasteiger partial charge in [0.2, 0.25) is 0 Å². The second-order valence-electron chi connectivity index (χ2n) is 5.04. The summed E-state index contributed by atoms with van der Waals surface area (Å²) >= 11 is 0. The molecule has 0 aromatic rings. The van der Waals surface area contributed by atoms with Gasteiger partial charge >= 0.3 is 0 Å². The fourth-order valence-corrected chi connectivity index (χ4v) is 2.89. The molecule has 0 saturated carbocycles. The predicted octanol–water partition coefficient (Wildman–Crippen LogP) is 0.672. The highest BCUT2D eigenvalue weighted by molar-refractivity contribution is 4.90. The zero-order valence-electron chi connectivity index (χ0n) is 9.86. The van der Waals surface area contributed by atoms with Gasteiger partial charge in [-0.05, 0) is 44.6 Å². The highest BCUT2D eigenvalue weighted by atomic mass is 16.5. The Kier molecular flexibility index (Phi) is 4.19. The molecule has 16 heavy (non-hydrogen) atoms. The molecule has 0 aliphatic carbocycles. The Morgan fingerprint density at radius 1 is 1.31 bits per heavy atom. The van der Waals surface area contributed by atoms with Crippen molar-refractivity contribution in [1.82, 2.24) is 0 Å². The average Bonchev–Trinajstić information content (AvgIpc) is 2.30. The molecule has 3 N–H and O–H groups in total. The first-order valence-corrected chi connectivity index (χ1v) is 6.36. The minimum Gasteiger partial charge on any atom is -0.393 e. The van der Waals surface area contributed by atoms with Crippen LogP contribution in [-0.4, -0.2) is 43.2 Å². The lowest BCUT2D eigenvalue weighted by molar-refractivity contribution is -0.158. The number of aliphatic hydroxyl groups is 1. The SMILES string of the molecule is NCCC(O)C1CCOC2(CCOCC2)C1. The summed E-state index contributed by atoms with van der Waals surface area (Å²) in [5.41, 5.74) is 5.48. The van der Waals surface area contributed by atoms with Crippen molar-refractivity contribution in [3.8, 4) is 0 Å². The third-order valence-electron chi connectivity index (χ3n) is 3.94. The second kappa shape index (κ2) is 5.45. The Balaban J connectivity index is 1.92. The van der Waals surface area contributed by atoms with Crippen molar-refractivity contribution in [1.29, 1.82) is 0 Å². The lowest BCUT2D eigenvalue weighted by Gasteiger charge is -2.44. The van der Waals surface area contributed by atoms with E-state index in [0.717, 1.165) is 45.5 Å². The molecule has 0 amide bonds. The van der Waals surface area contributed by atoms with E-state index >= 15 is 0 Å². The molecule has 94 valence electrons. The van der Waals surface area contributed by atoms with Gasteiger partial charge in [-0.2, -0.15) is 0 Å². The standard InChI is InChI=1S/C12H23NO3/c13-5-1-11(14)10-2-6-16-12(9-10)3-7-15-8-4-12/h10-11,14H,1-9,13H2. The zero-order valence-corrected chi connectivity index (χ0v) is 9.86. The van der Waals surface area contributed by atoms with E-state index in [-0.39, 0.29) is 11.7 Å². The van der Waals surface area contributed by atoms with E-state index in [4.69, 9.17) is 15.2 Å². The van der Waals surface area contributed by atoms with E-state index in [1.165, 1.54) is 0 Å². The lowest BCUT2D eigenvalue weighted by Crippen LogP contribution is -2.46. The predicted molar refractivity (Wildman–Crippen MR) is 61.1 cm³/mol. The van der Waals surface area contributed by atoms with Gasteiger partial charge in [-0.25, -0.2) is 0 Å². The Hall–Kier alpha value is -0.160. The van der Waals surface area contributed by atoms with E-state index in [2.05, 4.69) is 0 Å². The van der Waals surface area contributed by atoms with Crippen molar-refractivity contribution in [2.24, 2.45) is 11.7 Å². The number of hydrogen-bond acceptors (Lipinski definition) is 4. The molecule has 2 rings (SSSR count). The quantitative estimate of drug-likeness (QED) is 0.746. The van der Waals surface area contributed by atoms with Crippen LogP contribution in [-0.2, 0) is 9.47 Å². The first-order chi connectivity index (χ1) is 7.76. The van der Waals surface area contributed by atoms with Crippen LogP contribution in [0.5, 0.6) is 0 Å². The lowest BCUT2D eigenvalue weighted by atomic mass is 9.78. The number of nitrogens with two attached hydrogens (primary N) is 1. The topological polar surface area (TPSA) is 64.7 Å². The van der Waals surface area contributed by atoms with Gasteiger partial charge in [-0.1, -0.05) is 0 Å². The molecule has 0 bridgehead atoms. The van der Waals surface area contributed by atoms with Crippen molar-refractivity contribution >= 4 is 0 Å². The summed E-state index contributed by atoms with van der Waals surface area (Å²) in [5.74, 6) is 0.357. The molecule has 0 aromatic heterocycles. The number of ether oxygens (including phenoxy) is 2. The van der Waals surface area contributed by atoms with Crippen molar-refractivity contribution in [3.63, 3.8) is 0 Å². The molecule has 2 atom stereocenters. The van der Waals surface area contributed by atoms with Crippen molar-refractivity contribution < 1.29 is 14.6 Å². The Morgan fingerprint density at radius 2 is 2.06 bits per heavy atom. The van der Waals surface area contributed by atoms with Crippen LogP contribution in [0.25, 0.3) is 0 Å². The van der Waals surface area contributed by atoms with Crippen LogP contribution >= 0.6 is 0 Å². The maximum absolute atomic E-state index is 10.0. The van der Waals surface area contributed by atoms with Crippen LogP contribution in [0.15, 0.2) is 0 Å². The molecule has 0 radical (unpaired) electrons. The van der Waals surface area contributed by atoms with Gasteiger partial charge in [0.25, 0.3) is 0 Å². The fourth-order valence-electron chi connectivity index (χ4n) is 2.89. The maximum atomic E-state index is 10.0. The van der Waals surface area contributed by atoms with Crippen LogP contribution < -0.4 is 5.73 Å². The number of rotatable bonds is 3. The normalized spacial score (nSPS) is 31.5. The van der Waals surface area contributed by atoms with E-state index in [1.807, 2.05) is 0 Å². The minimum atomic E-state index is -0.256.